The van der Waals surface area contributed by atoms with Crippen molar-refractivity contribution in [3.8, 4) is 17.2 Å². The van der Waals surface area contributed by atoms with Crippen molar-refractivity contribution in [1.82, 2.24) is 4.90 Å². The molecule has 0 saturated heterocycles. The van der Waals surface area contributed by atoms with Gasteiger partial charge in [0, 0.05) is 12.6 Å². The second-order valence-corrected chi connectivity index (χ2v) is 6.94. The topological polar surface area (TPSA) is 48.0 Å². The van der Waals surface area contributed by atoms with Crippen molar-refractivity contribution < 1.29 is 19.0 Å². The van der Waals surface area contributed by atoms with Crippen LogP contribution < -0.4 is 14.2 Å². The van der Waals surface area contributed by atoms with E-state index in [0.717, 1.165) is 11.3 Å². The van der Waals surface area contributed by atoms with Crippen molar-refractivity contribution in [1.29, 1.82) is 0 Å². The highest BCUT2D eigenvalue weighted by molar-refractivity contribution is 5.94. The van der Waals surface area contributed by atoms with Crippen molar-refractivity contribution in [3.05, 3.63) is 53.6 Å². The van der Waals surface area contributed by atoms with Crippen LogP contribution in [0.15, 0.2) is 42.5 Å². The first-order valence-corrected chi connectivity index (χ1v) is 9.09. The summed E-state index contributed by atoms with van der Waals surface area (Å²) in [5, 5.41) is 0. The van der Waals surface area contributed by atoms with Crippen LogP contribution in [0.2, 0.25) is 0 Å². The summed E-state index contributed by atoms with van der Waals surface area (Å²) in [6, 6.07) is 12.9. The summed E-state index contributed by atoms with van der Waals surface area (Å²) >= 11 is 0. The zero-order valence-corrected chi connectivity index (χ0v) is 17.0. The van der Waals surface area contributed by atoms with Gasteiger partial charge in [0.25, 0.3) is 5.91 Å². The Balaban J connectivity index is 2.11. The van der Waals surface area contributed by atoms with Gasteiger partial charge in [0.1, 0.15) is 5.75 Å². The molecule has 2 rings (SSSR count). The van der Waals surface area contributed by atoms with E-state index in [2.05, 4.69) is 13.8 Å². The Morgan fingerprint density at radius 2 is 1.59 bits per heavy atom. The molecule has 0 aromatic heterocycles. The van der Waals surface area contributed by atoms with Crippen LogP contribution in [0.5, 0.6) is 17.2 Å². The van der Waals surface area contributed by atoms with Crippen molar-refractivity contribution in [2.24, 2.45) is 5.92 Å². The van der Waals surface area contributed by atoms with Crippen molar-refractivity contribution in [3.63, 3.8) is 0 Å². The molecule has 0 N–H and O–H groups in total. The Hall–Kier alpha value is -2.69. The van der Waals surface area contributed by atoms with E-state index in [0.29, 0.717) is 29.6 Å². The normalized spacial score (nSPS) is 11.8. The first-order chi connectivity index (χ1) is 12.9. The van der Waals surface area contributed by atoms with Gasteiger partial charge in [-0.05, 0) is 54.8 Å². The smallest absolute Gasteiger partial charge is 0.254 e. The molecule has 5 heteroatoms. The van der Waals surface area contributed by atoms with Crippen LogP contribution in [0.1, 0.15) is 42.7 Å². The van der Waals surface area contributed by atoms with E-state index >= 15 is 0 Å². The van der Waals surface area contributed by atoms with E-state index < -0.39 is 0 Å². The van der Waals surface area contributed by atoms with Gasteiger partial charge in [0.2, 0.25) is 0 Å². The second-order valence-electron chi connectivity index (χ2n) is 6.94. The van der Waals surface area contributed by atoms with E-state index in [1.165, 1.54) is 0 Å². The summed E-state index contributed by atoms with van der Waals surface area (Å²) in [5.41, 5.74) is 1.60. The number of ether oxygens (including phenoxy) is 3. The number of methoxy groups -OCH3 is 2. The van der Waals surface area contributed by atoms with Crippen LogP contribution in [-0.4, -0.2) is 38.7 Å². The van der Waals surface area contributed by atoms with Gasteiger partial charge >= 0.3 is 0 Å². The molecule has 0 aliphatic heterocycles. The molecular formula is C22H29NO4. The van der Waals surface area contributed by atoms with Gasteiger partial charge in [-0.2, -0.15) is 0 Å². The molecule has 1 unspecified atom stereocenters. The Morgan fingerprint density at radius 3 is 2.15 bits per heavy atom. The largest absolute Gasteiger partial charge is 0.493 e. The first kappa shape index (κ1) is 20.6. The summed E-state index contributed by atoms with van der Waals surface area (Å²) in [6.45, 7) is 6.84. The summed E-state index contributed by atoms with van der Waals surface area (Å²) in [6.07, 6.45) is 0. The Morgan fingerprint density at radius 1 is 0.963 bits per heavy atom. The molecule has 0 saturated carbocycles. The predicted molar refractivity (Wildman–Crippen MR) is 107 cm³/mol. The summed E-state index contributed by atoms with van der Waals surface area (Å²) < 4.78 is 16.3. The Labute approximate surface area is 161 Å². The quantitative estimate of drug-likeness (QED) is 0.682. The SMILES string of the molecule is COc1ccc(C(C)N(C)C(=O)c2ccc(OCC(C)C)cc2)cc1OC. The second kappa shape index (κ2) is 9.31. The maximum Gasteiger partial charge on any atom is 0.254 e. The highest BCUT2D eigenvalue weighted by atomic mass is 16.5. The fourth-order valence-electron chi connectivity index (χ4n) is 2.67. The molecule has 0 aliphatic rings. The van der Waals surface area contributed by atoms with Crippen LogP contribution in [-0.2, 0) is 0 Å². The fourth-order valence-corrected chi connectivity index (χ4v) is 2.67. The van der Waals surface area contributed by atoms with Crippen LogP contribution in [0.25, 0.3) is 0 Å². The molecule has 1 atom stereocenters. The number of carbonyl (C=O) groups is 1. The number of carbonyl (C=O) groups excluding carboxylic acids is 1. The molecule has 0 radical (unpaired) electrons. The Kier molecular flexibility index (Phi) is 7.11. The third kappa shape index (κ3) is 5.16. The molecule has 0 aliphatic carbocycles. The van der Waals surface area contributed by atoms with Gasteiger partial charge in [0.05, 0.1) is 26.9 Å². The highest BCUT2D eigenvalue weighted by Gasteiger charge is 2.20. The van der Waals surface area contributed by atoms with Gasteiger partial charge < -0.3 is 19.1 Å². The maximum atomic E-state index is 12.8. The lowest BCUT2D eigenvalue weighted by atomic mass is 10.1. The lowest BCUT2D eigenvalue weighted by Gasteiger charge is -2.26. The summed E-state index contributed by atoms with van der Waals surface area (Å²) in [7, 11) is 5.00. The monoisotopic (exact) mass is 371 g/mol. The number of hydrogen-bond donors (Lipinski definition) is 0. The average Bonchev–Trinajstić information content (AvgIpc) is 2.70. The van der Waals surface area contributed by atoms with E-state index in [1.54, 1.807) is 38.3 Å². The highest BCUT2D eigenvalue weighted by Crippen LogP contribution is 2.31. The number of hydrogen-bond acceptors (Lipinski definition) is 4. The molecule has 1 amide bonds. The summed E-state index contributed by atoms with van der Waals surface area (Å²) in [5.74, 6) is 2.50. The van der Waals surface area contributed by atoms with E-state index in [1.807, 2.05) is 37.3 Å². The van der Waals surface area contributed by atoms with Crippen LogP contribution in [0.4, 0.5) is 0 Å². The zero-order valence-electron chi connectivity index (χ0n) is 17.0. The van der Waals surface area contributed by atoms with Crippen molar-refractivity contribution >= 4 is 5.91 Å². The lowest BCUT2D eigenvalue weighted by Crippen LogP contribution is -2.29. The number of benzene rings is 2. The number of nitrogens with zero attached hydrogens (tertiary/aromatic N) is 1. The van der Waals surface area contributed by atoms with Crippen molar-refractivity contribution in [2.45, 2.75) is 26.8 Å². The third-order valence-electron chi connectivity index (χ3n) is 4.48. The van der Waals surface area contributed by atoms with Crippen LogP contribution >= 0.6 is 0 Å². The maximum absolute atomic E-state index is 12.8. The molecule has 2 aromatic carbocycles. The molecule has 0 heterocycles. The number of amides is 1. The summed E-state index contributed by atoms with van der Waals surface area (Å²) in [4.78, 5) is 14.6. The molecule has 0 bridgehead atoms. The van der Waals surface area contributed by atoms with Crippen molar-refractivity contribution in [2.75, 3.05) is 27.9 Å². The minimum absolute atomic E-state index is 0.0484. The van der Waals surface area contributed by atoms with E-state index in [-0.39, 0.29) is 11.9 Å². The molecule has 2 aromatic rings. The minimum atomic E-state index is -0.117. The van der Waals surface area contributed by atoms with Crippen LogP contribution in [0.3, 0.4) is 0 Å². The molecule has 0 spiro atoms. The molecule has 5 nitrogen and oxygen atoms in total. The third-order valence-corrected chi connectivity index (χ3v) is 4.48. The number of rotatable bonds is 8. The molecule has 146 valence electrons. The van der Waals surface area contributed by atoms with Gasteiger partial charge in [0.15, 0.2) is 11.5 Å². The van der Waals surface area contributed by atoms with Crippen LogP contribution in [0, 0.1) is 5.92 Å². The lowest BCUT2D eigenvalue weighted by molar-refractivity contribution is 0.0742. The van der Waals surface area contributed by atoms with Gasteiger partial charge in [-0.15, -0.1) is 0 Å². The first-order valence-electron chi connectivity index (χ1n) is 9.09. The van der Waals surface area contributed by atoms with E-state index in [4.69, 9.17) is 14.2 Å². The predicted octanol–water partition coefficient (Wildman–Crippen LogP) is 4.57. The Bertz CT molecular complexity index is 755. The van der Waals surface area contributed by atoms with Gasteiger partial charge in [-0.1, -0.05) is 19.9 Å². The average molecular weight is 371 g/mol. The minimum Gasteiger partial charge on any atom is -0.493 e. The van der Waals surface area contributed by atoms with E-state index in [9.17, 15) is 4.79 Å². The van der Waals surface area contributed by atoms with Gasteiger partial charge in [-0.3, -0.25) is 4.79 Å². The molecule has 0 fully saturated rings. The standard InChI is InChI=1S/C22H29NO4/c1-15(2)14-27-19-10-7-17(8-11-19)22(24)23(4)16(3)18-9-12-20(25-5)21(13-18)26-6/h7-13,15-16H,14H2,1-6H3. The molecule has 27 heavy (non-hydrogen) atoms. The molecular weight excluding hydrogens is 342 g/mol. The van der Waals surface area contributed by atoms with Gasteiger partial charge in [-0.25, -0.2) is 0 Å². The fraction of sp³-hybridized carbons (Fsp3) is 0.409. The zero-order chi connectivity index (χ0) is 20.0.